The first-order chi connectivity index (χ1) is 63.0. The van der Waals surface area contributed by atoms with Gasteiger partial charge in [0, 0.05) is 135 Å². The fraction of sp³-hybridized carbons (Fsp3) is 0. The van der Waals surface area contributed by atoms with Gasteiger partial charge in [-0.05, 0) is 212 Å². The summed E-state index contributed by atoms with van der Waals surface area (Å²) in [6.07, 6.45) is 0. The van der Waals surface area contributed by atoms with Gasteiger partial charge in [0.25, 0.3) is 0 Å². The van der Waals surface area contributed by atoms with Gasteiger partial charge in [-0.25, -0.2) is 0 Å². The molecule has 127 heavy (non-hydrogen) atoms. The fourth-order valence-electron chi connectivity index (χ4n) is 19.5. The fourth-order valence-corrected chi connectivity index (χ4v) is 22.1. The minimum absolute atomic E-state index is 0.872. The van der Waals surface area contributed by atoms with E-state index in [0.717, 1.165) is 140 Å². The molecule has 0 fully saturated rings. The van der Waals surface area contributed by atoms with Gasteiger partial charge < -0.3 is 32.9 Å². The van der Waals surface area contributed by atoms with Gasteiger partial charge in [-0.15, -0.1) is 22.7 Å². The molecule has 0 radical (unpaired) electrons. The van der Waals surface area contributed by atoms with E-state index in [2.05, 4.69) is 444 Å². The number of fused-ring (bicyclic) bond motifs is 25. The van der Waals surface area contributed by atoms with Crippen LogP contribution in [-0.2, 0) is 0 Å². The van der Waals surface area contributed by atoms with Crippen molar-refractivity contribution in [3.63, 3.8) is 0 Å². The lowest BCUT2D eigenvalue weighted by Crippen LogP contribution is -2.10. The van der Waals surface area contributed by atoms with Crippen molar-refractivity contribution < 1.29 is 13.3 Å². The zero-order valence-corrected chi connectivity index (χ0v) is 70.2. The predicted molar refractivity (Wildman–Crippen MR) is 540 cm³/mol. The maximum Gasteiger partial charge on any atom is 0.159 e. The molecule has 0 unspecified atom stereocenters. The maximum atomic E-state index is 6.63. The number of benzene rings is 21. The van der Waals surface area contributed by atoms with E-state index in [-0.39, 0.29) is 0 Å². The highest BCUT2D eigenvalue weighted by atomic mass is 32.1. The minimum Gasteiger partial charge on any atom is -0.454 e. The lowest BCUT2D eigenvalue weighted by molar-refractivity contribution is 0.668. The summed E-state index contributed by atoms with van der Waals surface area (Å²) in [5.74, 6) is 0. The Bertz CT molecular complexity index is 8750. The zero-order valence-electron chi connectivity index (χ0n) is 68.6. The molecule has 0 aliphatic rings. The van der Waals surface area contributed by atoms with Crippen LogP contribution in [-0.4, -0.2) is 0 Å². The van der Waals surface area contributed by atoms with Crippen LogP contribution in [0.1, 0.15) is 0 Å². The van der Waals surface area contributed by atoms with E-state index >= 15 is 0 Å². The van der Waals surface area contributed by atoms with Crippen molar-refractivity contribution in [1.29, 1.82) is 0 Å². The summed E-state index contributed by atoms with van der Waals surface area (Å²) in [6, 6.07) is 161. The molecule has 0 aliphatic heterocycles. The van der Waals surface area contributed by atoms with Gasteiger partial charge in [0.2, 0.25) is 0 Å². The number of hydrogen-bond acceptors (Lipinski definition) is 9. The number of anilines is 12. The van der Waals surface area contributed by atoms with Gasteiger partial charge in [0.15, 0.2) is 16.7 Å². The number of furan rings is 3. The Kier molecular flexibility index (Phi) is 17.5. The van der Waals surface area contributed by atoms with E-state index in [1.165, 1.54) is 100 Å². The highest BCUT2D eigenvalue weighted by Gasteiger charge is 2.27. The Hall–Kier alpha value is -16.3. The van der Waals surface area contributed by atoms with Crippen LogP contribution in [0, 0.1) is 0 Å². The number of hydrogen-bond donors (Lipinski definition) is 0. The van der Waals surface area contributed by atoms with Gasteiger partial charge in [-0.2, -0.15) is 0 Å². The van der Waals surface area contributed by atoms with Gasteiger partial charge in [-0.3, -0.25) is 0 Å². The van der Waals surface area contributed by atoms with E-state index in [1.54, 1.807) is 0 Å². The first-order valence-corrected chi connectivity index (χ1v) is 44.6. The molecule has 0 N–H and O–H groups in total. The molecule has 0 saturated carbocycles. The van der Waals surface area contributed by atoms with Crippen molar-refractivity contribution in [2.24, 2.45) is 0 Å². The molecule has 0 bridgehead atoms. The van der Waals surface area contributed by atoms with E-state index in [0.29, 0.717) is 0 Å². The van der Waals surface area contributed by atoms with Crippen LogP contribution in [0.2, 0.25) is 0 Å². The normalized spacial score (nSPS) is 11.8. The zero-order chi connectivity index (χ0) is 83.6. The summed E-state index contributed by atoms with van der Waals surface area (Å²) in [5, 5.41) is 21.9. The van der Waals surface area contributed by atoms with E-state index in [4.69, 9.17) is 13.3 Å². The maximum absolute atomic E-state index is 6.63. The summed E-state index contributed by atoms with van der Waals surface area (Å²) < 4.78 is 24.9. The lowest BCUT2D eigenvalue weighted by Gasteiger charge is -2.26. The number of nitrogens with zero attached hydrogens (tertiary/aromatic N) is 4. The molecule has 26 rings (SSSR count). The average molecular weight is 1660 g/mol. The van der Waals surface area contributed by atoms with Crippen LogP contribution < -0.4 is 19.6 Å². The monoisotopic (exact) mass is 1660 g/mol. The Morgan fingerprint density at radius 3 is 0.772 bits per heavy atom. The molecule has 0 atom stereocenters. The summed E-state index contributed by atoms with van der Waals surface area (Å²) in [6.45, 7) is 0. The van der Waals surface area contributed by atoms with Gasteiger partial charge in [-0.1, -0.05) is 291 Å². The SMILES string of the molecule is c1ccc(N(c2ccc(-c3ccc4c(c3)sc3c5ccc(N(c6ccccc6)c6cccc7c6oc6ccccc67)cc5c5ccccc5c43)cc2)c2cccc3c2oc2ccccc23)cc1.c1ccc(N(c2ccccc2)c2ccc(-c3ccc4c(c3)sc3c5ccc(N(c6ccccc6)c6cccc7c6oc6ccccc67)cc5c5ccccc5c43)cc2)cc1. The van der Waals surface area contributed by atoms with Gasteiger partial charge in [0.1, 0.15) is 16.7 Å². The Morgan fingerprint density at radius 2 is 0.417 bits per heavy atom. The molecule has 0 spiro atoms. The minimum atomic E-state index is 0.872. The summed E-state index contributed by atoms with van der Waals surface area (Å²) in [7, 11) is 0. The largest absolute Gasteiger partial charge is 0.454 e. The molecule has 0 aliphatic carbocycles. The lowest BCUT2D eigenvalue weighted by atomic mass is 9.95. The van der Waals surface area contributed by atoms with Crippen LogP contribution >= 0.6 is 22.7 Å². The Balaban J connectivity index is 0.000000139. The number of thiophene rings is 2. The molecule has 0 amide bonds. The van der Waals surface area contributed by atoms with Crippen LogP contribution in [0.25, 0.3) is 172 Å². The van der Waals surface area contributed by atoms with Crippen LogP contribution in [0.15, 0.2) is 462 Å². The molecule has 596 valence electrons. The number of para-hydroxylation sites is 11. The second-order valence-electron chi connectivity index (χ2n) is 32.5. The second kappa shape index (κ2) is 30.3. The topological polar surface area (TPSA) is 52.4 Å². The average Bonchev–Trinajstić information content (AvgIpc) is 1.60. The third kappa shape index (κ3) is 12.4. The Morgan fingerprint density at radius 1 is 0.157 bits per heavy atom. The standard InChI is InChI=1S/C62H38N2O2S.C56H36N2OS/c1-3-15-41(16-4-1)63(54-25-13-23-49-46-20-9-11-27-56(46)65-60(49)54)43-32-29-39(30-33-43)40-31-35-52-58(37-40)67-62-51-36-34-44(38-53(51)45-19-7-8-22-48(45)59(52)62)64(42-17-5-2-6-18-42)55-26-14-24-50-47-21-10-12-28-57(47)66-61(50)55;1-4-15-39(16-5-1)57(40-17-6-2-7-18-40)42-30-27-37(28-31-42)38-29-33-49-53(35-38)60-56-48-34-32-43(36-50(48)44-21-10-11-23-46(44)54(49)56)58(41-19-8-3-9-20-41)51-25-14-24-47-45-22-12-13-26-52(45)59-55(47)51/h1-38H;1-36H. The van der Waals surface area contributed by atoms with Gasteiger partial charge in [0.05, 0.1) is 17.1 Å². The first kappa shape index (κ1) is 73.4. The molecule has 7 nitrogen and oxygen atoms in total. The molecule has 5 heterocycles. The highest BCUT2D eigenvalue weighted by Crippen LogP contribution is 2.53. The first-order valence-electron chi connectivity index (χ1n) is 43.0. The molecular formula is C118H74N4O3S2. The Labute approximate surface area is 738 Å². The van der Waals surface area contributed by atoms with Crippen molar-refractivity contribution in [1.82, 2.24) is 0 Å². The molecule has 0 saturated heterocycles. The van der Waals surface area contributed by atoms with E-state index in [1.807, 2.05) is 46.9 Å². The van der Waals surface area contributed by atoms with E-state index in [9.17, 15) is 0 Å². The quantitative estimate of drug-likeness (QED) is 0.101. The molecule has 9 heteroatoms. The van der Waals surface area contributed by atoms with E-state index < -0.39 is 0 Å². The van der Waals surface area contributed by atoms with Crippen LogP contribution in [0.4, 0.5) is 68.2 Å². The molecule has 26 aromatic rings. The predicted octanol–water partition coefficient (Wildman–Crippen LogP) is 35.6. The third-order valence-corrected chi connectivity index (χ3v) is 27.6. The van der Waals surface area contributed by atoms with Crippen molar-refractivity contribution >= 4 is 240 Å². The van der Waals surface area contributed by atoms with Crippen molar-refractivity contribution in [3.05, 3.63) is 449 Å². The number of rotatable bonds is 14. The second-order valence-corrected chi connectivity index (χ2v) is 34.6. The van der Waals surface area contributed by atoms with Crippen molar-refractivity contribution in [2.75, 3.05) is 19.6 Å². The molecule has 21 aromatic carbocycles. The van der Waals surface area contributed by atoms with Crippen LogP contribution in [0.5, 0.6) is 0 Å². The summed E-state index contributed by atoms with van der Waals surface area (Å²) in [4.78, 5) is 9.27. The van der Waals surface area contributed by atoms with Crippen molar-refractivity contribution in [3.8, 4) is 22.3 Å². The van der Waals surface area contributed by atoms with Gasteiger partial charge >= 0.3 is 0 Å². The van der Waals surface area contributed by atoms with Crippen LogP contribution in [0.3, 0.4) is 0 Å². The highest BCUT2D eigenvalue weighted by molar-refractivity contribution is 7.27. The molecule has 5 aromatic heterocycles. The molecular weight excluding hydrogens is 1590 g/mol. The summed E-state index contributed by atoms with van der Waals surface area (Å²) >= 11 is 3.78. The van der Waals surface area contributed by atoms with Crippen molar-refractivity contribution in [2.45, 2.75) is 0 Å². The smallest absolute Gasteiger partial charge is 0.159 e. The third-order valence-electron chi connectivity index (χ3n) is 25.2. The summed E-state index contributed by atoms with van der Waals surface area (Å²) in [5.41, 5.74) is 22.9.